The molecule has 9 aromatic carbocycles. The Morgan fingerprint density at radius 3 is 1.57 bits per heavy atom. The number of benzene rings is 9. The standard InChI is InChI=1S/C55H41N3/c1-55(2)50-24-14-15-25-53(50)58-52-33-29-41(35-48(52)49-36-47(37-51(55)54(49)58)57(43-20-8-4-9-21-43)44-22-10-5-11-23-44)39-26-30-45(31-27-39)56(42-18-6-3-7-19-42)46-32-28-38-16-12-13-17-40(38)34-46/h3-37H,1-2H3. The number of nitrogens with zero attached hydrogens (tertiary/aromatic N) is 3. The van der Waals surface area contributed by atoms with E-state index in [4.69, 9.17) is 0 Å². The molecule has 58 heavy (non-hydrogen) atoms. The van der Waals surface area contributed by atoms with Gasteiger partial charge in [0.25, 0.3) is 0 Å². The lowest BCUT2D eigenvalue weighted by Gasteiger charge is -2.36. The molecule has 3 heteroatoms. The molecule has 0 radical (unpaired) electrons. The Bertz CT molecular complexity index is 3090. The highest BCUT2D eigenvalue weighted by molar-refractivity contribution is 6.14. The minimum Gasteiger partial charge on any atom is -0.310 e. The van der Waals surface area contributed by atoms with Gasteiger partial charge in [-0.25, -0.2) is 0 Å². The van der Waals surface area contributed by atoms with Gasteiger partial charge in [0.1, 0.15) is 0 Å². The second-order valence-corrected chi connectivity index (χ2v) is 15.9. The minimum atomic E-state index is -0.220. The molecular formula is C55H41N3. The van der Waals surface area contributed by atoms with Crippen molar-refractivity contribution in [3.05, 3.63) is 223 Å². The summed E-state index contributed by atoms with van der Waals surface area (Å²) in [5.41, 5.74) is 15.3. The molecule has 1 aliphatic rings. The summed E-state index contributed by atoms with van der Waals surface area (Å²) in [4.78, 5) is 4.74. The molecule has 2 heterocycles. The molecular weight excluding hydrogens is 703 g/mol. The third kappa shape index (κ3) is 5.43. The number of para-hydroxylation sites is 4. The topological polar surface area (TPSA) is 11.4 Å². The molecule has 0 amide bonds. The van der Waals surface area contributed by atoms with Crippen molar-refractivity contribution < 1.29 is 0 Å². The second-order valence-electron chi connectivity index (χ2n) is 15.9. The van der Waals surface area contributed by atoms with E-state index >= 15 is 0 Å². The second kappa shape index (κ2) is 13.4. The number of rotatable bonds is 7. The molecule has 0 N–H and O–H groups in total. The van der Waals surface area contributed by atoms with Crippen molar-refractivity contribution in [2.75, 3.05) is 9.80 Å². The van der Waals surface area contributed by atoms with E-state index in [0.29, 0.717) is 0 Å². The lowest BCUT2D eigenvalue weighted by atomic mass is 9.74. The van der Waals surface area contributed by atoms with E-state index in [2.05, 4.69) is 241 Å². The van der Waals surface area contributed by atoms with Gasteiger partial charge in [0.05, 0.1) is 16.7 Å². The average molecular weight is 744 g/mol. The maximum absolute atomic E-state index is 2.51. The lowest BCUT2D eigenvalue weighted by molar-refractivity contribution is 0.630. The molecule has 0 saturated heterocycles. The van der Waals surface area contributed by atoms with Gasteiger partial charge in [0, 0.05) is 50.3 Å². The molecule has 3 nitrogen and oxygen atoms in total. The normalized spacial score (nSPS) is 12.8. The summed E-state index contributed by atoms with van der Waals surface area (Å²) >= 11 is 0. The Hall–Kier alpha value is -7.36. The molecule has 1 aromatic heterocycles. The minimum absolute atomic E-state index is 0.220. The van der Waals surface area contributed by atoms with Crippen LogP contribution < -0.4 is 9.80 Å². The molecule has 0 fully saturated rings. The van der Waals surface area contributed by atoms with Crippen LogP contribution in [0.4, 0.5) is 34.1 Å². The summed E-state index contributed by atoms with van der Waals surface area (Å²) in [5, 5.41) is 4.96. The summed E-state index contributed by atoms with van der Waals surface area (Å²) in [6.45, 7) is 4.76. The Morgan fingerprint density at radius 1 is 0.362 bits per heavy atom. The quantitative estimate of drug-likeness (QED) is 0.161. The number of aromatic nitrogens is 1. The number of hydrogen-bond acceptors (Lipinski definition) is 2. The van der Waals surface area contributed by atoms with Crippen LogP contribution in [0.5, 0.6) is 0 Å². The summed E-state index contributed by atoms with van der Waals surface area (Å²) in [6.07, 6.45) is 0. The van der Waals surface area contributed by atoms with Crippen LogP contribution in [0.25, 0.3) is 49.4 Å². The highest BCUT2D eigenvalue weighted by Gasteiger charge is 2.36. The van der Waals surface area contributed by atoms with E-state index < -0.39 is 0 Å². The largest absolute Gasteiger partial charge is 0.310 e. The van der Waals surface area contributed by atoms with Gasteiger partial charge >= 0.3 is 0 Å². The molecule has 0 atom stereocenters. The zero-order chi connectivity index (χ0) is 38.8. The number of anilines is 6. The van der Waals surface area contributed by atoms with Crippen molar-refractivity contribution in [1.82, 2.24) is 4.57 Å². The Kier molecular flexibility index (Phi) is 7.84. The molecule has 0 bridgehead atoms. The van der Waals surface area contributed by atoms with Crippen LogP contribution in [0.2, 0.25) is 0 Å². The Morgan fingerprint density at radius 2 is 0.897 bits per heavy atom. The van der Waals surface area contributed by atoms with Crippen molar-refractivity contribution in [2.24, 2.45) is 0 Å². The third-order valence-corrected chi connectivity index (χ3v) is 12.1. The van der Waals surface area contributed by atoms with Gasteiger partial charge in [-0.05, 0) is 124 Å². The molecule has 11 rings (SSSR count). The number of fused-ring (bicyclic) bond motifs is 6. The van der Waals surface area contributed by atoms with Crippen LogP contribution in [-0.2, 0) is 5.41 Å². The fourth-order valence-electron chi connectivity index (χ4n) is 9.25. The first kappa shape index (κ1) is 33.9. The van der Waals surface area contributed by atoms with Crippen LogP contribution in [0.15, 0.2) is 212 Å². The van der Waals surface area contributed by atoms with Crippen molar-refractivity contribution >= 4 is 66.7 Å². The van der Waals surface area contributed by atoms with Crippen molar-refractivity contribution in [3.63, 3.8) is 0 Å². The summed E-state index contributed by atoms with van der Waals surface area (Å²) in [7, 11) is 0. The van der Waals surface area contributed by atoms with Crippen LogP contribution in [0.1, 0.15) is 25.0 Å². The SMILES string of the molecule is CC1(C)c2ccccc2-n2c3ccc(-c4ccc(N(c5ccccc5)c5ccc6ccccc6c5)cc4)cc3c3cc(N(c4ccccc4)c4ccccc4)cc1c32. The molecule has 0 saturated carbocycles. The summed E-state index contributed by atoms with van der Waals surface area (Å²) in [6, 6.07) is 77.3. The Balaban J connectivity index is 1.09. The fraction of sp³-hybridized carbons (Fsp3) is 0.0545. The van der Waals surface area contributed by atoms with Gasteiger partial charge in [-0.15, -0.1) is 0 Å². The van der Waals surface area contributed by atoms with E-state index in [1.165, 1.54) is 60.5 Å². The van der Waals surface area contributed by atoms with E-state index in [9.17, 15) is 0 Å². The van der Waals surface area contributed by atoms with Crippen molar-refractivity contribution in [3.8, 4) is 16.8 Å². The molecule has 0 unspecified atom stereocenters. The first-order chi connectivity index (χ1) is 28.5. The Labute approximate surface area is 339 Å². The fourth-order valence-corrected chi connectivity index (χ4v) is 9.25. The third-order valence-electron chi connectivity index (χ3n) is 12.1. The predicted octanol–water partition coefficient (Wildman–Crippen LogP) is 15.2. The average Bonchev–Trinajstić information content (AvgIpc) is 3.61. The van der Waals surface area contributed by atoms with Crippen LogP contribution in [-0.4, -0.2) is 4.57 Å². The zero-order valence-electron chi connectivity index (χ0n) is 32.5. The molecule has 0 aliphatic carbocycles. The first-order valence-corrected chi connectivity index (χ1v) is 20.1. The highest BCUT2D eigenvalue weighted by atomic mass is 15.1. The van der Waals surface area contributed by atoms with Crippen LogP contribution >= 0.6 is 0 Å². The van der Waals surface area contributed by atoms with Gasteiger partial charge in [-0.1, -0.05) is 135 Å². The highest BCUT2D eigenvalue weighted by Crippen LogP contribution is 2.51. The van der Waals surface area contributed by atoms with E-state index in [-0.39, 0.29) is 5.41 Å². The smallest absolute Gasteiger partial charge is 0.0583 e. The summed E-state index contributed by atoms with van der Waals surface area (Å²) in [5.74, 6) is 0. The maximum atomic E-state index is 2.51. The molecule has 1 aliphatic heterocycles. The van der Waals surface area contributed by atoms with Crippen LogP contribution in [0, 0.1) is 0 Å². The monoisotopic (exact) mass is 743 g/mol. The van der Waals surface area contributed by atoms with Gasteiger partial charge in [-0.2, -0.15) is 0 Å². The van der Waals surface area contributed by atoms with Crippen molar-refractivity contribution in [2.45, 2.75) is 19.3 Å². The first-order valence-electron chi connectivity index (χ1n) is 20.1. The van der Waals surface area contributed by atoms with Gasteiger partial charge in [0.15, 0.2) is 0 Å². The number of hydrogen-bond donors (Lipinski definition) is 0. The maximum Gasteiger partial charge on any atom is 0.0583 e. The van der Waals surface area contributed by atoms with Gasteiger partial charge in [0.2, 0.25) is 0 Å². The lowest BCUT2D eigenvalue weighted by Crippen LogP contribution is -2.26. The summed E-state index contributed by atoms with van der Waals surface area (Å²) < 4.78 is 2.51. The molecule has 276 valence electrons. The van der Waals surface area contributed by atoms with Gasteiger partial charge < -0.3 is 14.4 Å². The van der Waals surface area contributed by atoms with E-state index in [1.807, 2.05) is 0 Å². The molecule has 0 spiro atoms. The van der Waals surface area contributed by atoms with Crippen LogP contribution in [0.3, 0.4) is 0 Å². The zero-order valence-corrected chi connectivity index (χ0v) is 32.5. The van der Waals surface area contributed by atoms with Crippen molar-refractivity contribution in [1.29, 1.82) is 0 Å². The van der Waals surface area contributed by atoms with E-state index in [1.54, 1.807) is 0 Å². The van der Waals surface area contributed by atoms with E-state index in [0.717, 1.165) is 34.1 Å². The molecule has 10 aromatic rings. The predicted molar refractivity (Wildman–Crippen MR) is 245 cm³/mol. The van der Waals surface area contributed by atoms with Gasteiger partial charge in [-0.3, -0.25) is 0 Å².